The smallest absolute Gasteiger partial charge is 0.340 e. The van der Waals surface area contributed by atoms with Crippen molar-refractivity contribution in [3.05, 3.63) is 30.0 Å². The van der Waals surface area contributed by atoms with E-state index in [9.17, 15) is 21.6 Å². The fourth-order valence-electron chi connectivity index (χ4n) is 1.85. The summed E-state index contributed by atoms with van der Waals surface area (Å²) in [5.41, 5.74) is -0.762. The van der Waals surface area contributed by atoms with Crippen molar-refractivity contribution in [3.8, 4) is 0 Å². The first-order valence-electron chi connectivity index (χ1n) is 4.81. The van der Waals surface area contributed by atoms with E-state index in [-0.39, 0.29) is 15.8 Å². The number of sulfonamides is 1. The molecule has 0 saturated heterocycles. The number of halogens is 3. The van der Waals surface area contributed by atoms with E-state index < -0.39 is 21.9 Å². The van der Waals surface area contributed by atoms with Crippen LogP contribution in [-0.2, 0) is 23.2 Å². The number of nitrogens with two attached hydrogens (primary N) is 1. The molecule has 2 rings (SSSR count). The number of aryl methyl sites for hydroxylation is 1. The van der Waals surface area contributed by atoms with Gasteiger partial charge in [-0.05, 0) is 18.2 Å². The molecule has 0 amide bonds. The van der Waals surface area contributed by atoms with Crippen molar-refractivity contribution in [2.45, 2.75) is 11.1 Å². The molecule has 1 aromatic heterocycles. The Bertz CT molecular complexity index is 717. The van der Waals surface area contributed by atoms with E-state index in [1.54, 1.807) is 0 Å². The SMILES string of the molecule is Cn1c(C(F)(F)F)cc2c(S(N)(=O)=O)cccc21. The highest BCUT2D eigenvalue weighted by Gasteiger charge is 2.35. The van der Waals surface area contributed by atoms with Crippen LogP contribution in [0.3, 0.4) is 0 Å². The molecule has 4 nitrogen and oxygen atoms in total. The van der Waals surface area contributed by atoms with E-state index >= 15 is 0 Å². The third kappa shape index (κ3) is 1.97. The summed E-state index contributed by atoms with van der Waals surface area (Å²) in [4.78, 5) is -0.314. The molecular formula is C10H9F3N2O2S. The van der Waals surface area contributed by atoms with Crippen molar-refractivity contribution in [2.24, 2.45) is 12.2 Å². The summed E-state index contributed by atoms with van der Waals surface area (Å²) >= 11 is 0. The molecule has 0 unspecified atom stereocenters. The lowest BCUT2D eigenvalue weighted by atomic mass is 10.2. The predicted octanol–water partition coefficient (Wildman–Crippen LogP) is 1.84. The third-order valence-electron chi connectivity index (χ3n) is 2.64. The van der Waals surface area contributed by atoms with Gasteiger partial charge in [0.25, 0.3) is 0 Å². The highest BCUT2D eigenvalue weighted by Crippen LogP contribution is 2.35. The van der Waals surface area contributed by atoms with Crippen LogP contribution in [0.1, 0.15) is 5.69 Å². The normalized spacial score (nSPS) is 13.2. The van der Waals surface area contributed by atoms with Crippen LogP contribution in [-0.4, -0.2) is 13.0 Å². The number of alkyl halides is 3. The van der Waals surface area contributed by atoms with Gasteiger partial charge in [-0.15, -0.1) is 0 Å². The van der Waals surface area contributed by atoms with Crippen molar-refractivity contribution in [3.63, 3.8) is 0 Å². The Labute approximate surface area is 101 Å². The van der Waals surface area contributed by atoms with Gasteiger partial charge in [0.2, 0.25) is 10.0 Å². The van der Waals surface area contributed by atoms with Crippen LogP contribution < -0.4 is 5.14 Å². The first-order valence-corrected chi connectivity index (χ1v) is 6.35. The van der Waals surface area contributed by atoms with Crippen molar-refractivity contribution in [2.75, 3.05) is 0 Å². The monoisotopic (exact) mass is 278 g/mol. The van der Waals surface area contributed by atoms with Crippen molar-refractivity contribution >= 4 is 20.9 Å². The summed E-state index contributed by atoms with van der Waals surface area (Å²) in [6, 6.07) is 4.72. The highest BCUT2D eigenvalue weighted by atomic mass is 32.2. The van der Waals surface area contributed by atoms with Crippen LogP contribution in [0.2, 0.25) is 0 Å². The first-order chi connectivity index (χ1) is 8.12. The zero-order chi connectivity index (χ0) is 13.7. The topological polar surface area (TPSA) is 65.1 Å². The molecule has 18 heavy (non-hydrogen) atoms. The second-order valence-electron chi connectivity index (χ2n) is 3.82. The quantitative estimate of drug-likeness (QED) is 0.865. The largest absolute Gasteiger partial charge is 0.431 e. The maximum atomic E-state index is 12.7. The molecule has 0 atom stereocenters. The number of hydrogen-bond acceptors (Lipinski definition) is 2. The van der Waals surface area contributed by atoms with Gasteiger partial charge in [0.05, 0.1) is 4.90 Å². The third-order valence-corrected chi connectivity index (χ3v) is 3.61. The minimum Gasteiger partial charge on any atom is -0.340 e. The lowest BCUT2D eigenvalue weighted by molar-refractivity contribution is -0.142. The number of aromatic nitrogens is 1. The van der Waals surface area contributed by atoms with Crippen LogP contribution in [0.25, 0.3) is 10.9 Å². The molecule has 1 heterocycles. The van der Waals surface area contributed by atoms with E-state index in [1.165, 1.54) is 25.2 Å². The highest BCUT2D eigenvalue weighted by molar-refractivity contribution is 7.89. The molecule has 1 aromatic carbocycles. The molecule has 0 aliphatic carbocycles. The number of rotatable bonds is 1. The summed E-state index contributed by atoms with van der Waals surface area (Å²) in [7, 11) is -2.84. The molecule has 0 fully saturated rings. The second-order valence-corrected chi connectivity index (χ2v) is 5.35. The molecule has 0 aliphatic heterocycles. The molecule has 98 valence electrons. The predicted molar refractivity (Wildman–Crippen MR) is 59.3 cm³/mol. The molecule has 0 radical (unpaired) electrons. The molecule has 8 heteroatoms. The van der Waals surface area contributed by atoms with Gasteiger partial charge in [-0.25, -0.2) is 13.6 Å². The van der Waals surface area contributed by atoms with Crippen LogP contribution in [0.4, 0.5) is 13.2 Å². The molecule has 2 aromatic rings. The van der Waals surface area contributed by atoms with E-state index in [2.05, 4.69) is 0 Å². The summed E-state index contributed by atoms with van der Waals surface area (Å²) in [6.45, 7) is 0. The molecule has 0 bridgehead atoms. The van der Waals surface area contributed by atoms with E-state index in [4.69, 9.17) is 5.14 Å². The number of nitrogens with zero attached hydrogens (tertiary/aromatic N) is 1. The fraction of sp³-hybridized carbons (Fsp3) is 0.200. The number of fused-ring (bicyclic) bond motifs is 1. The maximum Gasteiger partial charge on any atom is 0.431 e. The van der Waals surface area contributed by atoms with E-state index in [0.29, 0.717) is 0 Å². The molecular weight excluding hydrogens is 269 g/mol. The van der Waals surface area contributed by atoms with Crippen molar-refractivity contribution in [1.29, 1.82) is 0 Å². The van der Waals surface area contributed by atoms with Crippen LogP contribution in [0.15, 0.2) is 29.2 Å². The Morgan fingerprint density at radius 3 is 2.39 bits per heavy atom. The van der Waals surface area contributed by atoms with E-state index in [0.717, 1.165) is 10.6 Å². The zero-order valence-corrected chi connectivity index (χ0v) is 10.0. The Hall–Kier alpha value is -1.54. The van der Waals surface area contributed by atoms with Crippen LogP contribution in [0, 0.1) is 0 Å². The average molecular weight is 278 g/mol. The Kier molecular flexibility index (Phi) is 2.67. The summed E-state index contributed by atoms with van der Waals surface area (Å²) in [5.74, 6) is 0. The molecule has 0 aliphatic rings. The van der Waals surface area contributed by atoms with Crippen LogP contribution in [0.5, 0.6) is 0 Å². The maximum absolute atomic E-state index is 12.7. The standard InChI is InChI=1S/C10H9F3N2O2S/c1-15-7-3-2-4-8(18(14,16)17)6(7)5-9(15)10(11,12)13/h2-5H,1H3,(H2,14,16,17). The fourth-order valence-corrected chi connectivity index (χ4v) is 2.59. The Balaban J connectivity index is 2.90. The summed E-state index contributed by atoms with van der Waals surface area (Å²) in [5, 5.41) is 4.94. The summed E-state index contributed by atoms with van der Waals surface area (Å²) in [6.07, 6.45) is -4.55. The lowest BCUT2D eigenvalue weighted by Crippen LogP contribution is -2.12. The van der Waals surface area contributed by atoms with Gasteiger partial charge < -0.3 is 4.57 Å². The van der Waals surface area contributed by atoms with Crippen molar-refractivity contribution in [1.82, 2.24) is 4.57 Å². The molecule has 0 saturated carbocycles. The average Bonchev–Trinajstić information content (AvgIpc) is 2.54. The van der Waals surface area contributed by atoms with Gasteiger partial charge in [0.1, 0.15) is 5.69 Å². The molecule has 0 spiro atoms. The molecule has 2 N–H and O–H groups in total. The van der Waals surface area contributed by atoms with Gasteiger partial charge >= 0.3 is 6.18 Å². The number of primary sulfonamides is 1. The Morgan fingerprint density at radius 1 is 1.28 bits per heavy atom. The second kappa shape index (κ2) is 3.72. The van der Waals surface area contributed by atoms with Gasteiger partial charge in [-0.2, -0.15) is 13.2 Å². The lowest BCUT2D eigenvalue weighted by Gasteiger charge is -2.07. The van der Waals surface area contributed by atoms with Crippen molar-refractivity contribution < 1.29 is 21.6 Å². The number of benzene rings is 1. The van der Waals surface area contributed by atoms with E-state index in [1.807, 2.05) is 0 Å². The van der Waals surface area contributed by atoms with Gasteiger partial charge in [-0.3, -0.25) is 0 Å². The number of hydrogen-bond donors (Lipinski definition) is 1. The minimum absolute atomic E-state index is 0.0326. The summed E-state index contributed by atoms with van der Waals surface area (Å²) < 4.78 is 61.6. The minimum atomic E-state index is -4.55. The first kappa shape index (κ1) is 12.9. The zero-order valence-electron chi connectivity index (χ0n) is 9.19. The van der Waals surface area contributed by atoms with Gasteiger partial charge in [-0.1, -0.05) is 6.07 Å². The van der Waals surface area contributed by atoms with Crippen LogP contribution >= 0.6 is 0 Å². The van der Waals surface area contributed by atoms with Gasteiger partial charge in [0, 0.05) is 18.0 Å². The Morgan fingerprint density at radius 2 is 1.89 bits per heavy atom. The van der Waals surface area contributed by atoms with Gasteiger partial charge in [0.15, 0.2) is 0 Å².